The number of amides is 1. The second-order valence-corrected chi connectivity index (χ2v) is 7.66. The Morgan fingerprint density at radius 3 is 2.52 bits per heavy atom. The molecule has 8 heteroatoms. The summed E-state index contributed by atoms with van der Waals surface area (Å²) in [6, 6.07) is 14.3. The molecule has 1 atom stereocenters. The lowest BCUT2D eigenvalue weighted by Crippen LogP contribution is -2.30. The van der Waals surface area contributed by atoms with Crippen molar-refractivity contribution in [3.63, 3.8) is 0 Å². The molecule has 1 amide bonds. The van der Waals surface area contributed by atoms with Crippen molar-refractivity contribution in [2.75, 3.05) is 11.6 Å². The molecule has 0 radical (unpaired) electrons. The molecule has 2 N–H and O–H groups in total. The third-order valence-corrected chi connectivity index (χ3v) is 4.26. The third kappa shape index (κ3) is 6.19. The molecule has 130 valence electrons. The van der Waals surface area contributed by atoms with Gasteiger partial charge in [-0.3, -0.25) is 4.79 Å². The van der Waals surface area contributed by atoms with Crippen LogP contribution in [0, 0.1) is 11.3 Å². The summed E-state index contributed by atoms with van der Waals surface area (Å²) in [6.45, 7) is 0. The van der Waals surface area contributed by atoms with Gasteiger partial charge in [-0.25, -0.2) is 13.1 Å². The number of carbonyl (C=O) groups is 1. The van der Waals surface area contributed by atoms with E-state index in [4.69, 9.17) is 16.9 Å². The maximum Gasteiger partial charge on any atom is 0.226 e. The predicted molar refractivity (Wildman–Crippen MR) is 96.6 cm³/mol. The number of anilines is 1. The molecule has 0 aliphatic carbocycles. The number of nitrogens with one attached hydrogen (secondary N) is 2. The average Bonchev–Trinajstić information content (AvgIpc) is 2.53. The fourth-order valence-corrected chi connectivity index (χ4v) is 3.11. The summed E-state index contributed by atoms with van der Waals surface area (Å²) >= 11 is 5.85. The third-order valence-electron chi connectivity index (χ3n) is 3.29. The van der Waals surface area contributed by atoms with Crippen LogP contribution in [-0.4, -0.2) is 20.6 Å². The van der Waals surface area contributed by atoms with E-state index in [-0.39, 0.29) is 12.3 Å². The summed E-state index contributed by atoms with van der Waals surface area (Å²) in [7, 11) is -3.52. The first-order valence-electron chi connectivity index (χ1n) is 7.29. The lowest BCUT2D eigenvalue weighted by atomic mass is 10.0. The lowest BCUT2D eigenvalue weighted by molar-refractivity contribution is -0.116. The van der Waals surface area contributed by atoms with E-state index in [1.165, 1.54) is 0 Å². The van der Waals surface area contributed by atoms with Gasteiger partial charge in [0.05, 0.1) is 23.9 Å². The van der Waals surface area contributed by atoms with Gasteiger partial charge in [-0.2, -0.15) is 5.26 Å². The summed E-state index contributed by atoms with van der Waals surface area (Å²) in [5, 5.41) is 12.1. The molecule has 0 bridgehead atoms. The molecule has 0 heterocycles. The van der Waals surface area contributed by atoms with E-state index >= 15 is 0 Å². The van der Waals surface area contributed by atoms with Gasteiger partial charge in [0.25, 0.3) is 0 Å². The van der Waals surface area contributed by atoms with Crippen molar-refractivity contribution >= 4 is 33.2 Å². The highest BCUT2D eigenvalue weighted by Gasteiger charge is 2.20. The van der Waals surface area contributed by atoms with Crippen molar-refractivity contribution in [3.8, 4) is 6.07 Å². The Bertz CT molecular complexity index is 905. The van der Waals surface area contributed by atoms with Gasteiger partial charge in [0.15, 0.2) is 0 Å². The van der Waals surface area contributed by atoms with Gasteiger partial charge < -0.3 is 5.32 Å². The smallest absolute Gasteiger partial charge is 0.226 e. The summed E-state index contributed by atoms with van der Waals surface area (Å²) in [6.07, 6.45) is 0.926. The maximum absolute atomic E-state index is 12.3. The fourth-order valence-electron chi connectivity index (χ4n) is 2.24. The number of sulfonamides is 1. The molecule has 2 aromatic rings. The zero-order valence-corrected chi connectivity index (χ0v) is 14.9. The topological polar surface area (TPSA) is 99.1 Å². The van der Waals surface area contributed by atoms with Crippen LogP contribution in [0.5, 0.6) is 0 Å². The Labute approximate surface area is 151 Å². The van der Waals surface area contributed by atoms with Gasteiger partial charge in [0.1, 0.15) is 0 Å². The van der Waals surface area contributed by atoms with E-state index in [0.29, 0.717) is 21.8 Å². The SMILES string of the molecule is CS(=O)(=O)N[C@H](CC(=O)Nc1cccc(C#N)c1)c1ccc(Cl)cc1. The molecule has 0 unspecified atom stereocenters. The molecular formula is C17H16ClN3O3S. The Kier molecular flexibility index (Phi) is 6.15. The molecule has 0 spiro atoms. The molecule has 0 saturated heterocycles. The fraction of sp³-hybridized carbons (Fsp3) is 0.176. The second kappa shape index (κ2) is 8.12. The van der Waals surface area contributed by atoms with Crippen molar-refractivity contribution in [3.05, 3.63) is 64.7 Å². The summed E-state index contributed by atoms with van der Waals surface area (Å²) in [5.74, 6) is -0.383. The minimum atomic E-state index is -3.52. The molecule has 25 heavy (non-hydrogen) atoms. The number of carbonyl (C=O) groups excluding carboxylic acids is 1. The number of nitrogens with zero attached hydrogens (tertiary/aromatic N) is 1. The van der Waals surface area contributed by atoms with Gasteiger partial charge in [-0.15, -0.1) is 0 Å². The minimum Gasteiger partial charge on any atom is -0.326 e. The number of nitriles is 1. The van der Waals surface area contributed by atoms with Crippen LogP contribution >= 0.6 is 11.6 Å². The summed E-state index contributed by atoms with van der Waals surface area (Å²) in [5.41, 5.74) is 1.51. The van der Waals surface area contributed by atoms with Crippen LogP contribution in [0.2, 0.25) is 5.02 Å². The van der Waals surface area contributed by atoms with Crippen molar-refractivity contribution in [1.82, 2.24) is 4.72 Å². The van der Waals surface area contributed by atoms with E-state index in [2.05, 4.69) is 10.0 Å². The second-order valence-electron chi connectivity index (χ2n) is 5.44. The summed E-state index contributed by atoms with van der Waals surface area (Å²) in [4.78, 5) is 12.3. The molecule has 0 aliphatic rings. The molecule has 0 saturated carbocycles. The first-order chi connectivity index (χ1) is 11.8. The van der Waals surface area contributed by atoms with Crippen LogP contribution in [0.3, 0.4) is 0 Å². The van der Waals surface area contributed by atoms with Crippen LogP contribution < -0.4 is 10.0 Å². The van der Waals surface area contributed by atoms with Gasteiger partial charge in [0, 0.05) is 17.1 Å². The molecule has 2 aromatic carbocycles. The maximum atomic E-state index is 12.3. The Morgan fingerprint density at radius 1 is 1.24 bits per heavy atom. The quantitative estimate of drug-likeness (QED) is 0.808. The van der Waals surface area contributed by atoms with Crippen LogP contribution in [0.4, 0.5) is 5.69 Å². The van der Waals surface area contributed by atoms with E-state index in [0.717, 1.165) is 6.26 Å². The van der Waals surface area contributed by atoms with Crippen molar-refractivity contribution < 1.29 is 13.2 Å². The number of hydrogen-bond donors (Lipinski definition) is 2. The van der Waals surface area contributed by atoms with Gasteiger partial charge >= 0.3 is 0 Å². The zero-order valence-electron chi connectivity index (χ0n) is 13.4. The van der Waals surface area contributed by atoms with E-state index in [1.807, 2.05) is 6.07 Å². The number of rotatable bonds is 6. The Balaban J connectivity index is 2.16. The monoisotopic (exact) mass is 377 g/mol. The van der Waals surface area contributed by atoms with Crippen molar-refractivity contribution in [1.29, 1.82) is 5.26 Å². The highest BCUT2D eigenvalue weighted by atomic mass is 35.5. The highest BCUT2D eigenvalue weighted by Crippen LogP contribution is 2.21. The molecule has 2 rings (SSSR count). The van der Waals surface area contributed by atoms with E-state index in [1.54, 1.807) is 48.5 Å². The van der Waals surface area contributed by atoms with E-state index in [9.17, 15) is 13.2 Å². The first-order valence-corrected chi connectivity index (χ1v) is 9.56. The molecule has 6 nitrogen and oxygen atoms in total. The first kappa shape index (κ1) is 18.9. The van der Waals surface area contributed by atoms with Gasteiger partial charge in [-0.05, 0) is 35.9 Å². The van der Waals surface area contributed by atoms with Crippen LogP contribution in [0.1, 0.15) is 23.6 Å². The number of benzene rings is 2. The lowest BCUT2D eigenvalue weighted by Gasteiger charge is -2.18. The Hall–Kier alpha value is -2.40. The molecule has 0 fully saturated rings. The van der Waals surface area contributed by atoms with Crippen LogP contribution in [-0.2, 0) is 14.8 Å². The highest BCUT2D eigenvalue weighted by molar-refractivity contribution is 7.88. The predicted octanol–water partition coefficient (Wildman–Crippen LogP) is 2.83. The van der Waals surface area contributed by atoms with E-state index < -0.39 is 16.1 Å². The summed E-state index contributed by atoms with van der Waals surface area (Å²) < 4.78 is 25.6. The molecular weight excluding hydrogens is 362 g/mol. The number of hydrogen-bond acceptors (Lipinski definition) is 4. The molecule has 0 aromatic heterocycles. The average molecular weight is 378 g/mol. The normalized spacial score (nSPS) is 12.2. The van der Waals surface area contributed by atoms with Crippen LogP contribution in [0.15, 0.2) is 48.5 Å². The largest absolute Gasteiger partial charge is 0.326 e. The minimum absolute atomic E-state index is 0.106. The Morgan fingerprint density at radius 2 is 1.92 bits per heavy atom. The van der Waals surface area contributed by atoms with Gasteiger partial charge in [-0.1, -0.05) is 29.8 Å². The standard InChI is InChI=1S/C17H16ClN3O3S/c1-25(23,24)21-16(13-5-7-14(18)8-6-13)10-17(22)20-15-4-2-3-12(9-15)11-19/h2-9,16,21H,10H2,1H3,(H,20,22)/t16-/m1/s1. The van der Waals surface area contributed by atoms with Crippen LogP contribution in [0.25, 0.3) is 0 Å². The number of halogens is 1. The van der Waals surface area contributed by atoms with Crippen molar-refractivity contribution in [2.45, 2.75) is 12.5 Å². The van der Waals surface area contributed by atoms with Crippen molar-refractivity contribution in [2.24, 2.45) is 0 Å². The molecule has 0 aliphatic heterocycles. The zero-order chi connectivity index (χ0) is 18.4. The van der Waals surface area contributed by atoms with Gasteiger partial charge in [0.2, 0.25) is 15.9 Å².